The third-order valence-electron chi connectivity index (χ3n) is 5.52. The summed E-state index contributed by atoms with van der Waals surface area (Å²) >= 11 is -1.35. The van der Waals surface area contributed by atoms with Crippen molar-refractivity contribution in [2.24, 2.45) is 5.92 Å². The molecule has 1 fully saturated rings. The number of amides is 1. The van der Waals surface area contributed by atoms with Crippen LogP contribution in [0.3, 0.4) is 0 Å². The number of hydrogen-bond donors (Lipinski definition) is 2. The summed E-state index contributed by atoms with van der Waals surface area (Å²) in [7, 11) is 0. The van der Waals surface area contributed by atoms with Gasteiger partial charge in [0.2, 0.25) is 17.3 Å². The van der Waals surface area contributed by atoms with Crippen LogP contribution in [0.2, 0.25) is 0 Å². The standard InChI is InChI=1S/C23H30F2N3O2S/c1-5-31(30)27-21-20(28(14-23(21,24)25)22(29)15(2)3)13-17-7-6-8-18(12-17)19-11-16(4)9-10-26-19/h6-12,15,20-21,27,30H,5,13-14H2,1-4H3/q+1/t20-,21+,31?/m0/s1. The van der Waals surface area contributed by atoms with Crippen molar-refractivity contribution in [1.29, 1.82) is 0 Å². The van der Waals surface area contributed by atoms with Gasteiger partial charge in [-0.15, -0.1) is 0 Å². The van der Waals surface area contributed by atoms with Crippen molar-refractivity contribution in [3.8, 4) is 11.3 Å². The lowest BCUT2D eigenvalue weighted by Crippen LogP contribution is -2.52. The van der Waals surface area contributed by atoms with Crippen LogP contribution in [-0.4, -0.2) is 50.6 Å². The van der Waals surface area contributed by atoms with E-state index in [1.54, 1.807) is 27.0 Å². The number of pyridine rings is 1. The molecule has 2 N–H and O–H groups in total. The molecule has 2 aromatic rings. The smallest absolute Gasteiger partial charge is 0.286 e. The molecule has 8 heteroatoms. The number of aromatic nitrogens is 1. The molecule has 1 aliphatic rings. The molecule has 1 unspecified atom stereocenters. The second kappa shape index (κ2) is 9.63. The Hall–Kier alpha value is -2.03. The zero-order chi connectivity index (χ0) is 22.8. The highest BCUT2D eigenvalue weighted by atomic mass is 32.2. The number of hydrogen-bond acceptors (Lipinski definition) is 4. The van der Waals surface area contributed by atoms with E-state index in [-0.39, 0.29) is 12.3 Å². The van der Waals surface area contributed by atoms with Crippen molar-refractivity contribution in [3.63, 3.8) is 0 Å². The largest absolute Gasteiger partial charge is 0.331 e. The molecule has 1 aliphatic heterocycles. The highest BCUT2D eigenvalue weighted by Crippen LogP contribution is 2.36. The van der Waals surface area contributed by atoms with Gasteiger partial charge in [0, 0.05) is 17.7 Å². The van der Waals surface area contributed by atoms with Gasteiger partial charge >= 0.3 is 0 Å². The maximum atomic E-state index is 14.9. The van der Waals surface area contributed by atoms with E-state index < -0.39 is 41.8 Å². The van der Waals surface area contributed by atoms with Crippen LogP contribution in [0.1, 0.15) is 31.9 Å². The van der Waals surface area contributed by atoms with Crippen LogP contribution in [-0.2, 0) is 22.6 Å². The average molecular weight is 451 g/mol. The summed E-state index contributed by atoms with van der Waals surface area (Å²) < 4.78 is 42.6. The number of alkyl halides is 2. The number of likely N-dealkylation sites (tertiary alicyclic amines) is 1. The molecule has 0 spiro atoms. The Kier molecular flexibility index (Phi) is 7.34. The predicted octanol–water partition coefficient (Wildman–Crippen LogP) is 4.09. The van der Waals surface area contributed by atoms with Gasteiger partial charge in [0.15, 0.2) is 5.75 Å². The van der Waals surface area contributed by atoms with Crippen molar-refractivity contribution in [2.45, 2.75) is 52.1 Å². The lowest BCUT2D eigenvalue weighted by molar-refractivity contribution is -0.136. The predicted molar refractivity (Wildman–Crippen MR) is 121 cm³/mol. The summed E-state index contributed by atoms with van der Waals surface area (Å²) in [6.45, 7) is 6.50. The first-order chi connectivity index (χ1) is 14.6. The molecule has 0 aliphatic carbocycles. The first-order valence-corrected chi connectivity index (χ1v) is 11.8. The van der Waals surface area contributed by atoms with Crippen LogP contribution in [0, 0.1) is 12.8 Å². The van der Waals surface area contributed by atoms with Crippen LogP contribution >= 0.6 is 0 Å². The summed E-state index contributed by atoms with van der Waals surface area (Å²) in [6.07, 6.45) is 2.00. The summed E-state index contributed by atoms with van der Waals surface area (Å²) in [5, 5.41) is 0. The fourth-order valence-electron chi connectivity index (χ4n) is 3.89. The second-order valence-electron chi connectivity index (χ2n) is 8.32. The van der Waals surface area contributed by atoms with Gasteiger partial charge in [0.1, 0.15) is 6.04 Å². The van der Waals surface area contributed by atoms with E-state index in [0.29, 0.717) is 5.75 Å². The number of aryl methyl sites for hydroxylation is 1. The molecule has 1 amide bonds. The van der Waals surface area contributed by atoms with E-state index >= 15 is 0 Å². The number of nitrogens with zero attached hydrogens (tertiary/aromatic N) is 2. The van der Waals surface area contributed by atoms with Gasteiger partial charge in [-0.05, 0) is 49.6 Å². The SMILES string of the molecule is CC[S+](O)N[C@@H]1[C@H](Cc2cccc(-c3cc(C)ccn3)c2)N(C(=O)C(C)C)CC1(F)F. The maximum absolute atomic E-state index is 14.9. The quantitative estimate of drug-likeness (QED) is 0.624. The number of nitrogens with one attached hydrogen (secondary N) is 1. The molecule has 2 heterocycles. The summed E-state index contributed by atoms with van der Waals surface area (Å²) in [6, 6.07) is 9.43. The maximum Gasteiger partial charge on any atom is 0.286 e. The molecule has 168 valence electrons. The van der Waals surface area contributed by atoms with Gasteiger partial charge in [0.05, 0.1) is 18.3 Å². The van der Waals surface area contributed by atoms with Crippen LogP contribution in [0.15, 0.2) is 42.6 Å². The van der Waals surface area contributed by atoms with Gasteiger partial charge in [-0.3, -0.25) is 9.78 Å². The lowest BCUT2D eigenvalue weighted by Gasteiger charge is -2.28. The van der Waals surface area contributed by atoms with Crippen LogP contribution in [0.4, 0.5) is 8.78 Å². The van der Waals surface area contributed by atoms with Gasteiger partial charge in [0.25, 0.3) is 5.92 Å². The molecular formula is C23H30F2N3O2S+. The Morgan fingerprint density at radius 1 is 1.35 bits per heavy atom. The van der Waals surface area contributed by atoms with Gasteiger partial charge in [-0.2, -0.15) is 4.55 Å². The Bertz CT molecular complexity index is 925. The fraction of sp³-hybridized carbons (Fsp3) is 0.478. The molecule has 5 nitrogen and oxygen atoms in total. The number of carbonyl (C=O) groups excluding carboxylic acids is 1. The van der Waals surface area contributed by atoms with Crippen molar-refractivity contribution in [3.05, 3.63) is 53.7 Å². The number of rotatable bonds is 7. The topological polar surface area (TPSA) is 65.5 Å². The summed E-state index contributed by atoms with van der Waals surface area (Å²) in [5.74, 6) is -3.50. The molecule has 3 rings (SSSR count). The molecule has 31 heavy (non-hydrogen) atoms. The zero-order valence-corrected chi connectivity index (χ0v) is 19.1. The van der Waals surface area contributed by atoms with Crippen molar-refractivity contribution in [2.75, 3.05) is 12.3 Å². The van der Waals surface area contributed by atoms with E-state index in [9.17, 15) is 18.1 Å². The van der Waals surface area contributed by atoms with E-state index in [0.717, 1.165) is 22.4 Å². The van der Waals surface area contributed by atoms with Crippen LogP contribution < -0.4 is 4.72 Å². The first kappa shape index (κ1) is 23.6. The molecule has 0 saturated carbocycles. The fourth-order valence-corrected chi connectivity index (χ4v) is 4.68. The number of benzene rings is 1. The minimum Gasteiger partial charge on any atom is -0.331 e. The highest BCUT2D eigenvalue weighted by Gasteiger charge is 2.58. The van der Waals surface area contributed by atoms with E-state index in [4.69, 9.17) is 0 Å². The monoisotopic (exact) mass is 450 g/mol. The Balaban J connectivity index is 1.94. The second-order valence-corrected chi connectivity index (χ2v) is 9.86. The van der Waals surface area contributed by atoms with E-state index in [2.05, 4.69) is 9.71 Å². The molecule has 0 radical (unpaired) electrons. The molecular weight excluding hydrogens is 420 g/mol. The van der Waals surface area contributed by atoms with Gasteiger partial charge in [-0.1, -0.05) is 36.8 Å². The average Bonchev–Trinajstić information content (AvgIpc) is 2.97. The van der Waals surface area contributed by atoms with Crippen molar-refractivity contribution in [1.82, 2.24) is 14.6 Å². The highest BCUT2D eigenvalue weighted by molar-refractivity contribution is 7.89. The summed E-state index contributed by atoms with van der Waals surface area (Å²) in [5.41, 5.74) is 3.63. The molecule has 0 bridgehead atoms. The van der Waals surface area contributed by atoms with Crippen molar-refractivity contribution < 1.29 is 18.1 Å². The molecule has 1 aromatic heterocycles. The number of carbonyl (C=O) groups is 1. The van der Waals surface area contributed by atoms with E-state index in [1.807, 2.05) is 43.3 Å². The summed E-state index contributed by atoms with van der Waals surface area (Å²) in [4.78, 5) is 18.4. The Labute approximate surface area is 185 Å². The molecule has 1 aromatic carbocycles. The zero-order valence-electron chi connectivity index (χ0n) is 18.3. The minimum atomic E-state index is -3.13. The number of halogens is 2. The molecule has 3 atom stereocenters. The first-order valence-electron chi connectivity index (χ1n) is 10.5. The van der Waals surface area contributed by atoms with Gasteiger partial charge in [-0.25, -0.2) is 8.78 Å². The van der Waals surface area contributed by atoms with Gasteiger partial charge < -0.3 is 4.90 Å². The van der Waals surface area contributed by atoms with E-state index in [1.165, 1.54) is 4.90 Å². The van der Waals surface area contributed by atoms with Crippen LogP contribution in [0.5, 0.6) is 0 Å². The molecule has 1 saturated heterocycles. The Morgan fingerprint density at radius 3 is 2.74 bits per heavy atom. The van der Waals surface area contributed by atoms with Crippen LogP contribution in [0.25, 0.3) is 11.3 Å². The Morgan fingerprint density at radius 2 is 2.10 bits per heavy atom. The lowest BCUT2D eigenvalue weighted by atomic mass is 9.96. The normalized spacial score (nSPS) is 21.5. The van der Waals surface area contributed by atoms with Crippen molar-refractivity contribution >= 4 is 17.3 Å². The third kappa shape index (κ3) is 5.42. The third-order valence-corrected chi connectivity index (χ3v) is 6.59. The minimum absolute atomic E-state index is 0.256.